The van der Waals surface area contributed by atoms with Crippen molar-refractivity contribution in [1.82, 2.24) is 29.5 Å². The molecule has 1 fully saturated rings. The summed E-state index contributed by atoms with van der Waals surface area (Å²) >= 11 is 1.21. The highest BCUT2D eigenvalue weighted by molar-refractivity contribution is 7.48. The van der Waals surface area contributed by atoms with Gasteiger partial charge in [-0.15, -0.1) is 11.3 Å². The molecule has 0 aliphatic heterocycles. The number of pyridine rings is 1. The van der Waals surface area contributed by atoms with Crippen LogP contribution in [-0.4, -0.2) is 59.3 Å². The molecule has 49 heavy (non-hydrogen) atoms. The third-order valence-corrected chi connectivity index (χ3v) is 10.0. The molecular formula is C32H42F2N7O6PS. The van der Waals surface area contributed by atoms with Crippen LogP contribution in [0, 0.1) is 11.8 Å². The molecule has 5 rings (SSSR count). The van der Waals surface area contributed by atoms with Gasteiger partial charge in [0, 0.05) is 29.9 Å². The second-order valence-electron chi connectivity index (χ2n) is 13.6. The van der Waals surface area contributed by atoms with Crippen molar-refractivity contribution in [3.05, 3.63) is 53.6 Å². The quantitative estimate of drug-likeness (QED) is 0.113. The number of carbonyl (C=O) groups excluding carboxylic acids is 1. The Morgan fingerprint density at radius 3 is 2.37 bits per heavy atom. The molecule has 0 saturated heterocycles. The van der Waals surface area contributed by atoms with E-state index >= 15 is 0 Å². The molecule has 1 saturated carbocycles. The van der Waals surface area contributed by atoms with E-state index in [9.17, 15) is 18.1 Å². The van der Waals surface area contributed by atoms with E-state index in [1.807, 2.05) is 6.92 Å². The molecule has 1 N–H and O–H groups in total. The molecule has 4 aromatic heterocycles. The molecule has 1 aliphatic rings. The average Bonchev–Trinajstić information content (AvgIpc) is 3.76. The molecule has 0 radical (unpaired) electrons. The Kier molecular flexibility index (Phi) is 11.2. The molecule has 4 heterocycles. The number of aromatic nitrogens is 6. The maximum Gasteiger partial charge on any atom is 0.477 e. The molecule has 0 atom stereocenters. The summed E-state index contributed by atoms with van der Waals surface area (Å²) in [4.78, 5) is 21.6. The number of amides is 1. The van der Waals surface area contributed by atoms with E-state index in [0.29, 0.717) is 17.2 Å². The van der Waals surface area contributed by atoms with E-state index in [2.05, 4.69) is 25.5 Å². The molecule has 0 aromatic carbocycles. The molecule has 0 bridgehead atoms. The van der Waals surface area contributed by atoms with Gasteiger partial charge < -0.3 is 10.1 Å². The number of phosphoric acid groups is 1. The topological polar surface area (TPSA) is 145 Å². The maximum atomic E-state index is 14.9. The lowest BCUT2D eigenvalue weighted by molar-refractivity contribution is -0.00759. The Morgan fingerprint density at radius 2 is 1.71 bits per heavy atom. The standard InChI is InChI=1S/C32H42F2N7O6PS/c1-8-44-22-11-9-21(10-12-22)41-17-24(28(39-41)27-23(33)13-14-26(34)38-27)36-29(42)25-18-49-30(37-25)20-15-35-40(16-20)19-45-48(43,46-31(2,3)4)47-32(5,6)7/h13-18,21-22H,8-12,19H2,1-7H3,(H,36,42). The second kappa shape index (κ2) is 14.8. The van der Waals surface area contributed by atoms with E-state index in [-0.39, 0.29) is 41.6 Å². The van der Waals surface area contributed by atoms with Gasteiger partial charge in [0.2, 0.25) is 5.95 Å². The SMILES string of the molecule is CCOC1CCC(n2cc(NC(=O)c3csc(-c4cnn(COP(=O)(OC(C)(C)C)OC(C)(C)C)c4)n3)c(-c3nc(F)ccc3F)n2)CC1. The van der Waals surface area contributed by atoms with Crippen LogP contribution in [0.25, 0.3) is 22.0 Å². The highest BCUT2D eigenvalue weighted by Crippen LogP contribution is 2.55. The molecule has 0 spiro atoms. The summed E-state index contributed by atoms with van der Waals surface area (Å²) in [5.41, 5.74) is -1.04. The number of nitrogens with zero attached hydrogens (tertiary/aromatic N) is 6. The average molecular weight is 722 g/mol. The van der Waals surface area contributed by atoms with Crippen LogP contribution in [0.15, 0.2) is 36.1 Å². The number of rotatable bonds is 12. The summed E-state index contributed by atoms with van der Waals surface area (Å²) in [5.74, 6) is -2.22. The van der Waals surface area contributed by atoms with Crippen molar-refractivity contribution in [2.45, 2.75) is 104 Å². The van der Waals surface area contributed by atoms with Crippen molar-refractivity contribution in [1.29, 1.82) is 0 Å². The molecule has 266 valence electrons. The normalized spacial score (nSPS) is 17.4. The van der Waals surface area contributed by atoms with Crippen molar-refractivity contribution in [2.24, 2.45) is 0 Å². The largest absolute Gasteiger partial charge is 0.477 e. The summed E-state index contributed by atoms with van der Waals surface area (Å²) in [6, 6.07) is 1.88. The van der Waals surface area contributed by atoms with Crippen molar-refractivity contribution in [3.8, 4) is 22.0 Å². The minimum Gasteiger partial charge on any atom is -0.379 e. The summed E-state index contributed by atoms with van der Waals surface area (Å²) in [6.07, 6.45) is 8.16. The monoisotopic (exact) mass is 721 g/mol. The Labute approximate surface area is 288 Å². The third kappa shape index (κ3) is 9.86. The smallest absolute Gasteiger partial charge is 0.379 e. The van der Waals surface area contributed by atoms with Crippen molar-refractivity contribution in [2.75, 3.05) is 11.9 Å². The first-order valence-corrected chi connectivity index (χ1v) is 18.3. The number of phosphoric ester groups is 1. The fourth-order valence-electron chi connectivity index (χ4n) is 5.26. The van der Waals surface area contributed by atoms with Crippen LogP contribution in [0.5, 0.6) is 0 Å². The lowest BCUT2D eigenvalue weighted by Gasteiger charge is -2.30. The molecule has 1 amide bonds. The van der Waals surface area contributed by atoms with Gasteiger partial charge in [-0.1, -0.05) is 0 Å². The fraction of sp³-hybridized carbons (Fsp3) is 0.531. The number of ether oxygens (including phenoxy) is 1. The first-order chi connectivity index (χ1) is 23.0. The van der Waals surface area contributed by atoms with E-state index in [1.54, 1.807) is 64.0 Å². The van der Waals surface area contributed by atoms with Crippen LogP contribution in [0.3, 0.4) is 0 Å². The predicted octanol–water partition coefficient (Wildman–Crippen LogP) is 8.03. The first kappa shape index (κ1) is 36.9. The zero-order valence-corrected chi connectivity index (χ0v) is 30.3. The minimum atomic E-state index is -3.97. The van der Waals surface area contributed by atoms with Crippen molar-refractivity contribution >= 4 is 30.8 Å². The Balaban J connectivity index is 1.31. The van der Waals surface area contributed by atoms with Crippen molar-refractivity contribution < 1.29 is 36.4 Å². The molecular weight excluding hydrogens is 679 g/mol. The molecule has 0 unspecified atom stereocenters. The maximum absolute atomic E-state index is 14.9. The Morgan fingerprint density at radius 1 is 1.02 bits per heavy atom. The first-order valence-electron chi connectivity index (χ1n) is 16.0. The molecule has 1 aliphatic carbocycles. The van der Waals surface area contributed by atoms with Gasteiger partial charge in [-0.05, 0) is 86.3 Å². The van der Waals surface area contributed by atoms with Gasteiger partial charge in [0.05, 0.1) is 35.2 Å². The van der Waals surface area contributed by atoms with Crippen LogP contribution in [0.1, 0.15) is 90.7 Å². The number of halogens is 2. The lowest BCUT2D eigenvalue weighted by Crippen LogP contribution is -2.25. The Bertz CT molecular complexity index is 1790. The van der Waals surface area contributed by atoms with Gasteiger partial charge >= 0.3 is 7.82 Å². The highest BCUT2D eigenvalue weighted by Gasteiger charge is 2.37. The summed E-state index contributed by atoms with van der Waals surface area (Å²) < 4.78 is 68.1. The van der Waals surface area contributed by atoms with Crippen LogP contribution < -0.4 is 5.32 Å². The number of anilines is 1. The van der Waals surface area contributed by atoms with Crippen LogP contribution >= 0.6 is 19.2 Å². The van der Waals surface area contributed by atoms with E-state index in [4.69, 9.17) is 18.3 Å². The summed E-state index contributed by atoms with van der Waals surface area (Å²) in [5, 5.41) is 13.7. The summed E-state index contributed by atoms with van der Waals surface area (Å²) in [7, 11) is -3.97. The zero-order valence-electron chi connectivity index (χ0n) is 28.6. The predicted molar refractivity (Wildman–Crippen MR) is 180 cm³/mol. The number of carbonyl (C=O) groups is 1. The van der Waals surface area contributed by atoms with Gasteiger partial charge in [0.25, 0.3) is 5.91 Å². The fourth-order valence-corrected chi connectivity index (χ4v) is 7.77. The minimum absolute atomic E-state index is 0.0113. The summed E-state index contributed by atoms with van der Waals surface area (Å²) in [6.45, 7) is 12.8. The van der Waals surface area contributed by atoms with E-state index < -0.39 is 36.7 Å². The number of thiazole rings is 1. The van der Waals surface area contributed by atoms with Gasteiger partial charge in [-0.3, -0.25) is 23.0 Å². The van der Waals surface area contributed by atoms with E-state index in [0.717, 1.165) is 37.8 Å². The van der Waals surface area contributed by atoms with E-state index in [1.165, 1.54) is 22.2 Å². The number of hydrogen-bond acceptors (Lipinski definition) is 11. The van der Waals surface area contributed by atoms with Crippen LogP contribution in [-0.2, 0) is 29.6 Å². The highest BCUT2D eigenvalue weighted by atomic mass is 32.1. The van der Waals surface area contributed by atoms with Crippen LogP contribution in [0.4, 0.5) is 14.5 Å². The zero-order chi connectivity index (χ0) is 35.6. The van der Waals surface area contributed by atoms with Crippen LogP contribution in [0.2, 0.25) is 0 Å². The van der Waals surface area contributed by atoms with Gasteiger partial charge in [0.15, 0.2) is 12.5 Å². The van der Waals surface area contributed by atoms with Crippen molar-refractivity contribution in [3.63, 3.8) is 0 Å². The second-order valence-corrected chi connectivity index (χ2v) is 16.0. The van der Waals surface area contributed by atoms with Gasteiger partial charge in [0.1, 0.15) is 22.1 Å². The molecule has 13 nitrogen and oxygen atoms in total. The van der Waals surface area contributed by atoms with Gasteiger partial charge in [-0.2, -0.15) is 14.6 Å². The van der Waals surface area contributed by atoms with Gasteiger partial charge in [-0.25, -0.2) is 23.6 Å². The molecule has 17 heteroatoms. The Hall–Kier alpha value is -3.40. The lowest BCUT2D eigenvalue weighted by atomic mass is 9.93. The number of nitrogens with one attached hydrogen (secondary N) is 1. The molecule has 4 aromatic rings. The number of hydrogen-bond donors (Lipinski definition) is 1. The third-order valence-electron chi connectivity index (χ3n) is 7.17.